The Balaban J connectivity index is 1.94. The number of carbonyl (C=O) groups is 1. The number of hydrogen-bond acceptors (Lipinski definition) is 5. The minimum absolute atomic E-state index is 0.164. The van der Waals surface area contributed by atoms with Crippen molar-refractivity contribution in [2.45, 2.75) is 32.9 Å². The lowest BCUT2D eigenvalue weighted by Gasteiger charge is -2.15. The number of benzene rings is 1. The van der Waals surface area contributed by atoms with E-state index in [4.69, 9.17) is 4.74 Å². The van der Waals surface area contributed by atoms with Crippen LogP contribution >= 0.6 is 0 Å². The van der Waals surface area contributed by atoms with Crippen LogP contribution in [0.3, 0.4) is 0 Å². The summed E-state index contributed by atoms with van der Waals surface area (Å²) in [4.78, 5) is 28.6. The largest absolute Gasteiger partial charge is 0.491 e. The molecule has 130 valence electrons. The lowest BCUT2D eigenvalue weighted by molar-refractivity contribution is 0.102. The van der Waals surface area contributed by atoms with Crippen LogP contribution in [0.25, 0.3) is 0 Å². The first-order valence-corrected chi connectivity index (χ1v) is 7.84. The second-order valence-electron chi connectivity index (χ2n) is 5.96. The van der Waals surface area contributed by atoms with E-state index in [9.17, 15) is 14.7 Å². The molecule has 0 radical (unpaired) electrons. The quantitative estimate of drug-likeness (QED) is 0.539. The number of H-pyrrole nitrogens is 2. The van der Waals surface area contributed by atoms with Gasteiger partial charge in [0, 0.05) is 23.8 Å². The van der Waals surface area contributed by atoms with Crippen molar-refractivity contribution in [3.63, 3.8) is 0 Å². The van der Waals surface area contributed by atoms with Crippen LogP contribution in [0.4, 0.5) is 0 Å². The van der Waals surface area contributed by atoms with E-state index in [0.717, 1.165) is 0 Å². The normalized spacial score (nSPS) is 12.4. The molecule has 0 spiro atoms. The van der Waals surface area contributed by atoms with Gasteiger partial charge in [-0.05, 0) is 31.2 Å². The zero-order valence-corrected chi connectivity index (χ0v) is 14.1. The molecule has 0 aliphatic heterocycles. The van der Waals surface area contributed by atoms with Crippen LogP contribution in [0.2, 0.25) is 0 Å². The summed E-state index contributed by atoms with van der Waals surface area (Å²) in [6, 6.07) is 6.88. The average Bonchev–Trinajstić information content (AvgIpc) is 2.89. The number of aromatic amines is 2. The van der Waals surface area contributed by atoms with Crippen molar-refractivity contribution in [1.29, 1.82) is 0 Å². The molecule has 24 heavy (non-hydrogen) atoms. The third-order valence-electron chi connectivity index (χ3n) is 3.46. The number of hydrogen-bond donors (Lipinski definition) is 4. The number of ether oxygens (including phenoxy) is 1. The molecule has 0 aliphatic carbocycles. The summed E-state index contributed by atoms with van der Waals surface area (Å²) >= 11 is 0. The van der Waals surface area contributed by atoms with Crippen molar-refractivity contribution in [2.24, 2.45) is 0 Å². The average molecular weight is 333 g/mol. The molecule has 2 aromatic rings. The van der Waals surface area contributed by atoms with Crippen LogP contribution in [0.15, 0.2) is 29.1 Å². The van der Waals surface area contributed by atoms with Gasteiger partial charge in [-0.15, -0.1) is 0 Å². The summed E-state index contributed by atoms with van der Waals surface area (Å²) in [7, 11) is 0. The van der Waals surface area contributed by atoms with Gasteiger partial charge in [-0.1, -0.05) is 13.8 Å². The highest BCUT2D eigenvalue weighted by molar-refractivity contribution is 6.08. The van der Waals surface area contributed by atoms with E-state index < -0.39 is 11.8 Å². The van der Waals surface area contributed by atoms with Crippen molar-refractivity contribution in [1.82, 2.24) is 15.3 Å². The first-order chi connectivity index (χ1) is 11.4. The minimum Gasteiger partial charge on any atom is -0.491 e. The predicted octanol–water partition coefficient (Wildman–Crippen LogP) is 0.980. The number of aryl methyl sites for hydroxylation is 1. The number of carbonyl (C=O) groups excluding carboxylic acids is 1. The Morgan fingerprint density at radius 2 is 1.92 bits per heavy atom. The minimum atomic E-state index is -0.610. The Morgan fingerprint density at radius 3 is 2.46 bits per heavy atom. The summed E-state index contributed by atoms with van der Waals surface area (Å²) in [6.07, 6.45) is -0.610. The molecule has 0 bridgehead atoms. The van der Waals surface area contributed by atoms with Gasteiger partial charge < -0.3 is 25.1 Å². The molecule has 0 aliphatic rings. The maximum absolute atomic E-state index is 12.3. The molecule has 1 heterocycles. The molecule has 1 atom stereocenters. The molecular weight excluding hydrogens is 310 g/mol. The van der Waals surface area contributed by atoms with E-state index >= 15 is 0 Å². The third kappa shape index (κ3) is 4.81. The monoisotopic (exact) mass is 333 g/mol. The molecule has 0 amide bonds. The molecule has 2 rings (SSSR count). The van der Waals surface area contributed by atoms with Gasteiger partial charge >= 0.3 is 5.69 Å². The fraction of sp³-hybridized carbons (Fsp3) is 0.412. The number of aromatic nitrogens is 2. The fourth-order valence-electron chi connectivity index (χ4n) is 2.17. The molecule has 4 N–H and O–H groups in total. The summed E-state index contributed by atoms with van der Waals surface area (Å²) < 4.78 is 5.50. The van der Waals surface area contributed by atoms with Gasteiger partial charge in [0.15, 0.2) is 0 Å². The van der Waals surface area contributed by atoms with E-state index in [1.807, 2.05) is 13.8 Å². The molecule has 0 saturated heterocycles. The highest BCUT2D eigenvalue weighted by Crippen LogP contribution is 2.15. The summed E-state index contributed by atoms with van der Waals surface area (Å²) in [6.45, 7) is 6.28. The SMILES string of the molecule is Cc1[nH]c(=O)[nH]c1C(=O)c1ccc(OCC(O)CNC(C)C)cc1. The fourth-order valence-corrected chi connectivity index (χ4v) is 2.17. The molecule has 7 nitrogen and oxygen atoms in total. The second kappa shape index (κ2) is 7.94. The molecule has 1 unspecified atom stereocenters. The van der Waals surface area contributed by atoms with Gasteiger partial charge in [0.1, 0.15) is 24.2 Å². The Hall–Kier alpha value is -2.38. The molecule has 1 aromatic heterocycles. The lowest BCUT2D eigenvalue weighted by Crippen LogP contribution is -2.35. The molecule has 0 fully saturated rings. The van der Waals surface area contributed by atoms with Gasteiger partial charge in [0.05, 0.1) is 0 Å². The molecule has 0 saturated carbocycles. The summed E-state index contributed by atoms with van der Waals surface area (Å²) in [5.74, 6) is 0.299. The van der Waals surface area contributed by atoms with Gasteiger partial charge in [-0.3, -0.25) is 4.79 Å². The van der Waals surface area contributed by atoms with Crippen molar-refractivity contribution >= 4 is 5.78 Å². The van der Waals surface area contributed by atoms with Crippen molar-refractivity contribution in [2.75, 3.05) is 13.2 Å². The van der Waals surface area contributed by atoms with Crippen LogP contribution in [0, 0.1) is 6.92 Å². The van der Waals surface area contributed by atoms with E-state index in [0.29, 0.717) is 29.6 Å². The van der Waals surface area contributed by atoms with Crippen LogP contribution in [-0.2, 0) is 0 Å². The third-order valence-corrected chi connectivity index (χ3v) is 3.46. The van der Waals surface area contributed by atoms with Crippen molar-refractivity contribution in [3.05, 3.63) is 51.7 Å². The molecular formula is C17H23N3O4. The Bertz CT molecular complexity index is 731. The zero-order chi connectivity index (χ0) is 17.7. The summed E-state index contributed by atoms with van der Waals surface area (Å²) in [5, 5.41) is 12.9. The number of ketones is 1. The van der Waals surface area contributed by atoms with Crippen molar-refractivity contribution in [3.8, 4) is 5.75 Å². The first kappa shape index (κ1) is 18.0. The number of aliphatic hydroxyl groups excluding tert-OH is 1. The highest BCUT2D eigenvalue weighted by atomic mass is 16.5. The van der Waals surface area contributed by atoms with Gasteiger partial charge in [-0.2, -0.15) is 0 Å². The van der Waals surface area contributed by atoms with E-state index in [1.165, 1.54) is 0 Å². The number of aliphatic hydroxyl groups is 1. The van der Waals surface area contributed by atoms with Gasteiger partial charge in [-0.25, -0.2) is 4.79 Å². The van der Waals surface area contributed by atoms with Crippen LogP contribution < -0.4 is 15.7 Å². The first-order valence-electron chi connectivity index (χ1n) is 7.84. The molecule has 1 aromatic carbocycles. The standard InChI is InChI=1S/C17H23N3O4/c1-10(2)18-8-13(21)9-24-14-6-4-12(5-7-14)16(22)15-11(3)19-17(23)20-15/h4-7,10,13,18,21H,8-9H2,1-3H3,(H2,19,20,23). The van der Waals surface area contributed by atoms with Crippen LogP contribution in [0.5, 0.6) is 5.75 Å². The smallest absolute Gasteiger partial charge is 0.323 e. The van der Waals surface area contributed by atoms with Crippen LogP contribution in [0.1, 0.15) is 35.6 Å². The van der Waals surface area contributed by atoms with E-state index in [2.05, 4.69) is 15.3 Å². The second-order valence-corrected chi connectivity index (χ2v) is 5.96. The summed E-state index contributed by atoms with van der Waals surface area (Å²) in [5.41, 5.74) is 0.803. The maximum atomic E-state index is 12.3. The highest BCUT2D eigenvalue weighted by Gasteiger charge is 2.15. The maximum Gasteiger partial charge on any atom is 0.323 e. The zero-order valence-electron chi connectivity index (χ0n) is 14.1. The topological polar surface area (TPSA) is 107 Å². The number of rotatable bonds is 8. The predicted molar refractivity (Wildman–Crippen MR) is 90.7 cm³/mol. The number of imidazole rings is 1. The van der Waals surface area contributed by atoms with E-state index in [-0.39, 0.29) is 18.1 Å². The Morgan fingerprint density at radius 1 is 1.25 bits per heavy atom. The van der Waals surface area contributed by atoms with Crippen LogP contribution in [-0.4, -0.2) is 46.2 Å². The molecule has 7 heteroatoms. The number of nitrogens with one attached hydrogen (secondary N) is 3. The van der Waals surface area contributed by atoms with Crippen molar-refractivity contribution < 1.29 is 14.6 Å². The Kier molecular flexibility index (Phi) is 5.94. The van der Waals surface area contributed by atoms with Gasteiger partial charge in [0.2, 0.25) is 5.78 Å². The van der Waals surface area contributed by atoms with E-state index in [1.54, 1.807) is 31.2 Å². The lowest BCUT2D eigenvalue weighted by atomic mass is 10.1. The Labute approximate surface area is 140 Å². The van der Waals surface area contributed by atoms with Gasteiger partial charge in [0.25, 0.3) is 0 Å².